The van der Waals surface area contributed by atoms with Crippen molar-refractivity contribution in [2.75, 3.05) is 20.1 Å². The van der Waals surface area contributed by atoms with Gasteiger partial charge in [-0.2, -0.15) is 0 Å². The molecule has 0 aromatic heterocycles. The van der Waals surface area contributed by atoms with Crippen molar-refractivity contribution in [1.82, 2.24) is 4.90 Å². The minimum atomic E-state index is -0.983. The van der Waals surface area contributed by atoms with Gasteiger partial charge in [-0.15, -0.1) is 0 Å². The Labute approximate surface area is 103 Å². The van der Waals surface area contributed by atoms with E-state index < -0.39 is 5.97 Å². The lowest BCUT2D eigenvalue weighted by atomic mass is 9.88. The molecule has 17 heavy (non-hydrogen) atoms. The Kier molecular flexibility index (Phi) is 7.54. The number of carbonyl (C=O) groups is 2. The molecule has 0 radical (unpaired) electrons. The van der Waals surface area contributed by atoms with E-state index in [0.29, 0.717) is 24.8 Å². The summed E-state index contributed by atoms with van der Waals surface area (Å²) in [5, 5.41) is 8.57. The molecule has 0 aromatic carbocycles. The van der Waals surface area contributed by atoms with Gasteiger partial charge in [0.1, 0.15) is 6.54 Å². The van der Waals surface area contributed by atoms with Crippen LogP contribution in [0.5, 0.6) is 0 Å². The van der Waals surface area contributed by atoms with Crippen molar-refractivity contribution in [1.29, 1.82) is 0 Å². The Balaban J connectivity index is 4.07. The Hall–Kier alpha value is -1.10. The van der Waals surface area contributed by atoms with Crippen molar-refractivity contribution in [2.24, 2.45) is 17.6 Å². The van der Waals surface area contributed by atoms with Crippen LogP contribution in [0.4, 0.5) is 0 Å². The summed E-state index contributed by atoms with van der Waals surface area (Å²) in [6, 6.07) is 0. The predicted molar refractivity (Wildman–Crippen MR) is 66.5 cm³/mol. The zero-order chi connectivity index (χ0) is 13.4. The molecule has 0 saturated carbocycles. The van der Waals surface area contributed by atoms with Crippen LogP contribution >= 0.6 is 0 Å². The standard InChI is InChI=1S/C12H24N2O3/c1-9(2)10(6-7-13)4-5-11(15)14(3)8-12(16)17/h9-10H,4-8,13H2,1-3H3,(H,16,17). The number of rotatable bonds is 8. The highest BCUT2D eigenvalue weighted by molar-refractivity contribution is 5.80. The van der Waals surface area contributed by atoms with Gasteiger partial charge in [-0.1, -0.05) is 13.8 Å². The van der Waals surface area contributed by atoms with Crippen LogP contribution in [0.15, 0.2) is 0 Å². The van der Waals surface area contributed by atoms with E-state index >= 15 is 0 Å². The van der Waals surface area contributed by atoms with Gasteiger partial charge in [0.25, 0.3) is 0 Å². The highest BCUT2D eigenvalue weighted by Crippen LogP contribution is 2.20. The zero-order valence-corrected chi connectivity index (χ0v) is 11.0. The SMILES string of the molecule is CC(C)C(CCN)CCC(=O)N(C)CC(=O)O. The number of nitrogens with zero attached hydrogens (tertiary/aromatic N) is 1. The topological polar surface area (TPSA) is 83.6 Å². The first kappa shape index (κ1) is 15.9. The highest BCUT2D eigenvalue weighted by Gasteiger charge is 2.17. The van der Waals surface area contributed by atoms with E-state index in [9.17, 15) is 9.59 Å². The monoisotopic (exact) mass is 244 g/mol. The molecule has 0 bridgehead atoms. The van der Waals surface area contributed by atoms with Crippen LogP contribution in [0.1, 0.15) is 33.1 Å². The lowest BCUT2D eigenvalue weighted by Crippen LogP contribution is -2.32. The molecule has 1 unspecified atom stereocenters. The summed E-state index contributed by atoms with van der Waals surface area (Å²) >= 11 is 0. The molecule has 0 aromatic rings. The number of hydrogen-bond acceptors (Lipinski definition) is 3. The Morgan fingerprint density at radius 1 is 1.29 bits per heavy atom. The first-order valence-electron chi connectivity index (χ1n) is 6.04. The Morgan fingerprint density at radius 2 is 1.88 bits per heavy atom. The third-order valence-corrected chi connectivity index (χ3v) is 3.01. The first-order chi connectivity index (χ1) is 7.88. The maximum Gasteiger partial charge on any atom is 0.323 e. The van der Waals surface area contributed by atoms with Crippen molar-refractivity contribution >= 4 is 11.9 Å². The summed E-state index contributed by atoms with van der Waals surface area (Å²) in [4.78, 5) is 23.3. The second-order valence-corrected chi connectivity index (χ2v) is 4.76. The summed E-state index contributed by atoms with van der Waals surface area (Å²) in [6.07, 6.45) is 2.08. The molecule has 1 atom stereocenters. The number of carboxylic acid groups (broad SMARTS) is 1. The predicted octanol–water partition coefficient (Wildman–Crippen LogP) is 0.931. The average molecular weight is 244 g/mol. The molecule has 0 heterocycles. The molecule has 3 N–H and O–H groups in total. The number of carboxylic acids is 1. The second kappa shape index (κ2) is 8.06. The zero-order valence-electron chi connectivity index (χ0n) is 11.0. The fourth-order valence-corrected chi connectivity index (χ4v) is 1.82. The lowest BCUT2D eigenvalue weighted by Gasteiger charge is -2.21. The molecular weight excluding hydrogens is 220 g/mol. The number of nitrogens with two attached hydrogens (primary N) is 1. The Morgan fingerprint density at radius 3 is 2.29 bits per heavy atom. The molecule has 100 valence electrons. The average Bonchev–Trinajstić information content (AvgIpc) is 2.22. The van der Waals surface area contributed by atoms with Crippen LogP contribution < -0.4 is 5.73 Å². The van der Waals surface area contributed by atoms with Crippen molar-refractivity contribution < 1.29 is 14.7 Å². The van der Waals surface area contributed by atoms with Gasteiger partial charge in [0, 0.05) is 13.5 Å². The molecular formula is C12H24N2O3. The smallest absolute Gasteiger partial charge is 0.323 e. The van der Waals surface area contributed by atoms with Crippen molar-refractivity contribution in [3.8, 4) is 0 Å². The van der Waals surface area contributed by atoms with Gasteiger partial charge in [0.15, 0.2) is 0 Å². The molecule has 0 aliphatic carbocycles. The fourth-order valence-electron chi connectivity index (χ4n) is 1.82. The van der Waals surface area contributed by atoms with Crippen molar-refractivity contribution in [3.63, 3.8) is 0 Å². The van der Waals surface area contributed by atoms with Gasteiger partial charge >= 0.3 is 5.97 Å². The van der Waals surface area contributed by atoms with Gasteiger partial charge in [-0.3, -0.25) is 9.59 Å². The molecule has 5 nitrogen and oxygen atoms in total. The van der Waals surface area contributed by atoms with Crippen LogP contribution in [0, 0.1) is 11.8 Å². The first-order valence-corrected chi connectivity index (χ1v) is 6.04. The largest absolute Gasteiger partial charge is 0.480 e. The van der Waals surface area contributed by atoms with E-state index in [0.717, 1.165) is 12.8 Å². The third-order valence-electron chi connectivity index (χ3n) is 3.01. The molecule has 0 spiro atoms. The number of likely N-dealkylation sites (N-methyl/N-ethyl adjacent to an activating group) is 1. The van der Waals surface area contributed by atoms with E-state index in [-0.39, 0.29) is 12.5 Å². The molecule has 0 aliphatic rings. The van der Waals surface area contributed by atoms with Crippen LogP contribution in [-0.2, 0) is 9.59 Å². The van der Waals surface area contributed by atoms with Gasteiger partial charge in [-0.25, -0.2) is 0 Å². The number of hydrogen-bond donors (Lipinski definition) is 2. The Bertz CT molecular complexity index is 254. The maximum atomic E-state index is 11.6. The molecule has 5 heteroatoms. The molecule has 1 amide bonds. The summed E-state index contributed by atoms with van der Waals surface area (Å²) in [6.45, 7) is 4.63. The van der Waals surface area contributed by atoms with Crippen LogP contribution in [0.3, 0.4) is 0 Å². The van der Waals surface area contributed by atoms with Gasteiger partial charge in [-0.05, 0) is 31.2 Å². The summed E-state index contributed by atoms with van der Waals surface area (Å²) in [7, 11) is 1.52. The van der Waals surface area contributed by atoms with Gasteiger partial charge < -0.3 is 15.7 Å². The van der Waals surface area contributed by atoms with Crippen LogP contribution in [0.2, 0.25) is 0 Å². The number of aliphatic carboxylic acids is 1. The van der Waals surface area contributed by atoms with Crippen molar-refractivity contribution in [3.05, 3.63) is 0 Å². The maximum absolute atomic E-state index is 11.6. The van der Waals surface area contributed by atoms with E-state index in [1.54, 1.807) is 0 Å². The van der Waals surface area contributed by atoms with Gasteiger partial charge in [0.2, 0.25) is 5.91 Å². The van der Waals surface area contributed by atoms with Gasteiger partial charge in [0.05, 0.1) is 0 Å². The van der Waals surface area contributed by atoms with Crippen molar-refractivity contribution in [2.45, 2.75) is 33.1 Å². The molecule has 0 saturated heterocycles. The summed E-state index contributed by atoms with van der Waals surface area (Å²) in [5.41, 5.74) is 5.53. The summed E-state index contributed by atoms with van der Waals surface area (Å²) in [5.74, 6) is -0.170. The quantitative estimate of drug-likeness (QED) is 0.665. The molecule has 0 fully saturated rings. The minimum Gasteiger partial charge on any atom is -0.480 e. The number of carbonyl (C=O) groups excluding carboxylic acids is 1. The summed E-state index contributed by atoms with van der Waals surface area (Å²) < 4.78 is 0. The van der Waals surface area contributed by atoms with Crippen LogP contribution in [-0.4, -0.2) is 42.0 Å². The van der Waals surface area contributed by atoms with E-state index in [1.165, 1.54) is 11.9 Å². The second-order valence-electron chi connectivity index (χ2n) is 4.76. The van der Waals surface area contributed by atoms with E-state index in [2.05, 4.69) is 13.8 Å². The van der Waals surface area contributed by atoms with E-state index in [1.807, 2.05) is 0 Å². The third kappa shape index (κ3) is 6.94. The van der Waals surface area contributed by atoms with E-state index in [4.69, 9.17) is 10.8 Å². The lowest BCUT2D eigenvalue weighted by molar-refractivity contribution is -0.143. The normalized spacial score (nSPS) is 12.5. The van der Waals surface area contributed by atoms with Crippen LogP contribution in [0.25, 0.3) is 0 Å². The number of amides is 1. The minimum absolute atomic E-state index is 0.116. The highest BCUT2D eigenvalue weighted by atomic mass is 16.4. The molecule has 0 aliphatic heterocycles. The fraction of sp³-hybridized carbons (Fsp3) is 0.833. The molecule has 0 rings (SSSR count).